The van der Waals surface area contributed by atoms with Crippen molar-refractivity contribution in [3.05, 3.63) is 30.3 Å². The third kappa shape index (κ3) is 2.16. The van der Waals surface area contributed by atoms with Gasteiger partial charge in [-0.1, -0.05) is 18.2 Å². The van der Waals surface area contributed by atoms with Crippen LogP contribution in [0.15, 0.2) is 35.3 Å². The van der Waals surface area contributed by atoms with Crippen LogP contribution in [-0.4, -0.2) is 25.2 Å². The number of hydrogen-bond acceptors (Lipinski definition) is 4. The lowest BCUT2D eigenvalue weighted by atomic mass is 10.3. The van der Waals surface area contributed by atoms with Crippen LogP contribution in [-0.2, 0) is 4.74 Å². The zero-order chi connectivity index (χ0) is 9.80. The molecule has 1 atom stereocenters. The lowest BCUT2D eigenvalue weighted by Gasteiger charge is -2.07. The Bertz CT molecular complexity index is 323. The Balaban J connectivity index is 1.84. The molecule has 4 nitrogen and oxygen atoms in total. The van der Waals surface area contributed by atoms with E-state index in [9.17, 15) is 0 Å². The first-order valence-electron chi connectivity index (χ1n) is 4.59. The number of nitrogens with two attached hydrogens (primary N) is 1. The van der Waals surface area contributed by atoms with Crippen LogP contribution in [0, 0.1) is 0 Å². The maximum Gasteiger partial charge on any atom is 0.282 e. The molecule has 1 aliphatic rings. The van der Waals surface area contributed by atoms with Crippen LogP contribution in [0.1, 0.15) is 0 Å². The van der Waals surface area contributed by atoms with Crippen LogP contribution in [0.2, 0.25) is 0 Å². The molecule has 1 aliphatic heterocycles. The Morgan fingerprint density at radius 3 is 2.86 bits per heavy atom. The Hall–Kier alpha value is -1.71. The molecule has 0 saturated carbocycles. The molecule has 0 spiro atoms. The minimum atomic E-state index is 0.134. The van der Waals surface area contributed by atoms with Crippen LogP contribution in [0.3, 0.4) is 0 Å². The first kappa shape index (κ1) is 8.87. The summed E-state index contributed by atoms with van der Waals surface area (Å²) in [4.78, 5) is 4.11. The molecule has 0 aliphatic carbocycles. The van der Waals surface area contributed by atoms with Gasteiger partial charge in [0.25, 0.3) is 6.02 Å². The van der Waals surface area contributed by atoms with Gasteiger partial charge in [0, 0.05) is 12.2 Å². The molecule has 0 saturated heterocycles. The number of nitrogens with zero attached hydrogens (tertiary/aromatic N) is 1. The van der Waals surface area contributed by atoms with Crippen molar-refractivity contribution in [2.24, 2.45) is 10.7 Å². The Morgan fingerprint density at radius 1 is 1.43 bits per heavy atom. The zero-order valence-corrected chi connectivity index (χ0v) is 7.81. The molecule has 0 aromatic heterocycles. The molecule has 2 rings (SSSR count). The second-order valence-corrected chi connectivity index (χ2v) is 3.18. The Labute approximate surface area is 82.8 Å². The number of nitrogens with one attached hydrogen (secondary N) is 1. The van der Waals surface area contributed by atoms with E-state index in [0.29, 0.717) is 12.6 Å². The molecule has 1 heterocycles. The van der Waals surface area contributed by atoms with Crippen molar-refractivity contribution in [2.75, 3.05) is 18.5 Å². The molecule has 14 heavy (non-hydrogen) atoms. The summed E-state index contributed by atoms with van der Waals surface area (Å²) in [6.45, 7) is 1.33. The largest absolute Gasteiger partial charge is 0.463 e. The van der Waals surface area contributed by atoms with Crippen LogP contribution >= 0.6 is 0 Å². The lowest BCUT2D eigenvalue weighted by Crippen LogP contribution is -2.18. The van der Waals surface area contributed by atoms with Gasteiger partial charge >= 0.3 is 0 Å². The van der Waals surface area contributed by atoms with Gasteiger partial charge in [0.1, 0.15) is 12.6 Å². The zero-order valence-electron chi connectivity index (χ0n) is 7.81. The fourth-order valence-electron chi connectivity index (χ4n) is 1.33. The van der Waals surface area contributed by atoms with Crippen LogP contribution in [0.5, 0.6) is 0 Å². The summed E-state index contributed by atoms with van der Waals surface area (Å²) in [5.74, 6) is 0. The molecule has 74 valence electrons. The highest BCUT2D eigenvalue weighted by Gasteiger charge is 2.15. The van der Waals surface area contributed by atoms with Crippen molar-refractivity contribution in [1.82, 2.24) is 0 Å². The predicted octanol–water partition coefficient (Wildman–Crippen LogP) is 0.812. The second kappa shape index (κ2) is 4.00. The topological polar surface area (TPSA) is 59.6 Å². The summed E-state index contributed by atoms with van der Waals surface area (Å²) >= 11 is 0. The smallest absolute Gasteiger partial charge is 0.282 e. The monoisotopic (exact) mass is 191 g/mol. The lowest BCUT2D eigenvalue weighted by molar-refractivity contribution is 0.316. The number of aliphatic imine (C=N–C) groups is 1. The SMILES string of the molecule is NC1=N[C@@H](CNc2ccccc2)CO1. The van der Waals surface area contributed by atoms with Crippen molar-refractivity contribution < 1.29 is 4.74 Å². The van der Waals surface area contributed by atoms with Crippen molar-refractivity contribution >= 4 is 11.7 Å². The molecule has 0 radical (unpaired) electrons. The third-order valence-electron chi connectivity index (χ3n) is 2.05. The van der Waals surface area contributed by atoms with Gasteiger partial charge in [0.15, 0.2) is 0 Å². The Morgan fingerprint density at radius 2 is 2.21 bits per heavy atom. The highest BCUT2D eigenvalue weighted by atomic mass is 16.5. The second-order valence-electron chi connectivity index (χ2n) is 3.18. The molecule has 1 aromatic rings. The van der Waals surface area contributed by atoms with Crippen LogP contribution < -0.4 is 11.1 Å². The third-order valence-corrected chi connectivity index (χ3v) is 2.05. The van der Waals surface area contributed by atoms with Crippen molar-refractivity contribution in [3.8, 4) is 0 Å². The quantitative estimate of drug-likeness (QED) is 0.743. The molecule has 3 N–H and O–H groups in total. The number of ether oxygens (including phenoxy) is 1. The summed E-state index contributed by atoms with van der Waals surface area (Å²) in [6, 6.07) is 10.4. The normalized spacial score (nSPS) is 20.0. The van der Waals surface area contributed by atoms with E-state index >= 15 is 0 Å². The molecular weight excluding hydrogens is 178 g/mol. The van der Waals surface area contributed by atoms with Crippen LogP contribution in [0.25, 0.3) is 0 Å². The number of para-hydroxylation sites is 1. The summed E-state index contributed by atoms with van der Waals surface area (Å²) in [5.41, 5.74) is 6.48. The summed E-state index contributed by atoms with van der Waals surface area (Å²) in [5, 5.41) is 3.26. The number of anilines is 1. The van der Waals surface area contributed by atoms with Gasteiger partial charge in [-0.05, 0) is 12.1 Å². The Kier molecular flexibility index (Phi) is 2.53. The van der Waals surface area contributed by atoms with Gasteiger partial charge in [-0.2, -0.15) is 0 Å². The van der Waals surface area contributed by atoms with E-state index in [-0.39, 0.29) is 6.04 Å². The van der Waals surface area contributed by atoms with Crippen LogP contribution in [0.4, 0.5) is 5.69 Å². The number of amidine groups is 1. The van der Waals surface area contributed by atoms with Gasteiger partial charge in [-0.15, -0.1) is 0 Å². The fraction of sp³-hybridized carbons (Fsp3) is 0.300. The number of hydrogen-bond donors (Lipinski definition) is 2. The summed E-state index contributed by atoms with van der Waals surface area (Å²) in [7, 11) is 0. The molecule has 0 bridgehead atoms. The highest BCUT2D eigenvalue weighted by molar-refractivity contribution is 5.73. The minimum absolute atomic E-state index is 0.134. The van der Waals surface area contributed by atoms with E-state index in [1.807, 2.05) is 30.3 Å². The van der Waals surface area contributed by atoms with Crippen molar-refractivity contribution in [1.29, 1.82) is 0 Å². The van der Waals surface area contributed by atoms with Crippen molar-refractivity contribution in [2.45, 2.75) is 6.04 Å². The maximum atomic E-state index is 5.39. The van der Waals surface area contributed by atoms with E-state index in [1.54, 1.807) is 0 Å². The van der Waals surface area contributed by atoms with Gasteiger partial charge in [-0.3, -0.25) is 0 Å². The molecule has 0 fully saturated rings. The van der Waals surface area contributed by atoms with Gasteiger partial charge in [0.2, 0.25) is 0 Å². The minimum Gasteiger partial charge on any atom is -0.463 e. The average Bonchev–Trinajstić information content (AvgIpc) is 2.63. The number of rotatable bonds is 3. The van der Waals surface area contributed by atoms with E-state index in [2.05, 4.69) is 10.3 Å². The number of benzene rings is 1. The average molecular weight is 191 g/mol. The van der Waals surface area contributed by atoms with E-state index in [0.717, 1.165) is 12.2 Å². The molecule has 1 aromatic carbocycles. The maximum absolute atomic E-state index is 5.39. The first-order chi connectivity index (χ1) is 6.84. The summed E-state index contributed by atoms with van der Waals surface area (Å²) in [6.07, 6.45) is 0. The highest BCUT2D eigenvalue weighted by Crippen LogP contribution is 2.07. The molecule has 0 unspecified atom stereocenters. The summed E-state index contributed by atoms with van der Waals surface area (Å²) < 4.78 is 5.04. The van der Waals surface area contributed by atoms with E-state index < -0.39 is 0 Å². The van der Waals surface area contributed by atoms with Gasteiger partial charge in [0.05, 0.1) is 0 Å². The molecule has 0 amide bonds. The van der Waals surface area contributed by atoms with E-state index in [4.69, 9.17) is 10.5 Å². The first-order valence-corrected chi connectivity index (χ1v) is 4.59. The van der Waals surface area contributed by atoms with Gasteiger partial charge < -0.3 is 15.8 Å². The predicted molar refractivity (Wildman–Crippen MR) is 56.3 cm³/mol. The van der Waals surface area contributed by atoms with E-state index in [1.165, 1.54) is 0 Å². The fourth-order valence-corrected chi connectivity index (χ4v) is 1.33. The molecular formula is C10H13N3O. The molecule has 4 heteroatoms. The van der Waals surface area contributed by atoms with Gasteiger partial charge in [-0.25, -0.2) is 4.99 Å². The van der Waals surface area contributed by atoms with Crippen molar-refractivity contribution in [3.63, 3.8) is 0 Å². The standard InChI is InChI=1S/C10H13N3O/c11-10-13-9(7-14-10)6-12-8-4-2-1-3-5-8/h1-5,9,12H,6-7H2,(H2,11,13)/t9-/m0/s1.